The number of nitrogens with zero attached hydrogens (tertiary/aromatic N) is 2. The van der Waals surface area contributed by atoms with Gasteiger partial charge in [-0.25, -0.2) is 4.79 Å². The fraction of sp³-hybridized carbons (Fsp3) is 0.947. The fourth-order valence-electron chi connectivity index (χ4n) is 2.95. The van der Waals surface area contributed by atoms with Gasteiger partial charge in [-0.1, -0.05) is 58.3 Å². The molecule has 0 heterocycles. The molecule has 0 rings (SSSR count). The van der Waals surface area contributed by atoms with Gasteiger partial charge >= 0.3 is 6.03 Å². The van der Waals surface area contributed by atoms with Gasteiger partial charge in [0.25, 0.3) is 0 Å². The number of primary amides is 1. The third-order valence-electron chi connectivity index (χ3n) is 4.79. The Balaban J connectivity index is 0. The van der Waals surface area contributed by atoms with E-state index in [-0.39, 0.29) is 23.0 Å². The van der Waals surface area contributed by atoms with Crippen LogP contribution >= 0.6 is 0 Å². The minimum absolute atomic E-state index is 0. The summed E-state index contributed by atoms with van der Waals surface area (Å²) in [5, 5.41) is 0. The number of rotatable bonds is 15. The van der Waals surface area contributed by atoms with Crippen LogP contribution in [0.25, 0.3) is 0 Å². The molecular weight excluding hydrogens is 366 g/mol. The first-order chi connectivity index (χ1) is 10.9. The molecule has 0 aromatic rings. The average Bonchev–Trinajstić information content (AvgIpc) is 2.49. The zero-order valence-electron chi connectivity index (χ0n) is 16.7. The lowest BCUT2D eigenvalue weighted by atomic mass is 10.1. The molecule has 4 nitrogen and oxygen atoms in total. The van der Waals surface area contributed by atoms with Crippen molar-refractivity contribution in [3.05, 3.63) is 0 Å². The van der Waals surface area contributed by atoms with Gasteiger partial charge in [0.15, 0.2) is 0 Å². The summed E-state index contributed by atoms with van der Waals surface area (Å²) in [6, 6.07) is -0.300. The number of likely N-dealkylation sites (N-methyl/N-ethyl adjacent to an activating group) is 2. The number of carbonyl (C=O) groups is 1. The molecule has 0 aromatic carbocycles. The van der Waals surface area contributed by atoms with Gasteiger partial charge in [-0.15, -0.1) is 0 Å². The van der Waals surface area contributed by atoms with Crippen molar-refractivity contribution in [2.24, 2.45) is 5.73 Å². The molecule has 0 unspecified atom stereocenters. The summed E-state index contributed by atoms with van der Waals surface area (Å²) in [4.78, 5) is 13.0. The first-order valence-corrected chi connectivity index (χ1v) is 9.79. The summed E-state index contributed by atoms with van der Waals surface area (Å²) >= 11 is 0. The fourth-order valence-corrected chi connectivity index (χ4v) is 2.95. The molecule has 0 aliphatic carbocycles. The molecule has 0 bridgehead atoms. The summed E-state index contributed by atoms with van der Waals surface area (Å²) in [7, 11) is 4.51. The molecule has 0 fully saturated rings. The highest BCUT2D eigenvalue weighted by Crippen LogP contribution is 2.11. The van der Waals surface area contributed by atoms with E-state index in [4.69, 9.17) is 5.73 Å². The Bertz CT molecular complexity index is 298. The minimum atomic E-state index is -0.300. The molecule has 2 amide bonds. The molecule has 0 saturated carbocycles. The lowest BCUT2D eigenvalue weighted by molar-refractivity contribution is -0.889. The Hall–Kier alpha value is -0.290. The Labute approximate surface area is 161 Å². The second-order valence-electron chi connectivity index (χ2n) is 7.48. The van der Waals surface area contributed by atoms with Crippen LogP contribution in [0.5, 0.6) is 0 Å². The van der Waals surface area contributed by atoms with Gasteiger partial charge in [0.2, 0.25) is 0 Å². The summed E-state index contributed by atoms with van der Waals surface area (Å²) < 4.78 is 0.973. The molecule has 0 spiro atoms. The van der Waals surface area contributed by atoms with E-state index >= 15 is 0 Å². The van der Waals surface area contributed by atoms with Crippen molar-refractivity contribution in [1.82, 2.24) is 4.90 Å². The minimum Gasteiger partial charge on any atom is -1.00 e. The van der Waals surface area contributed by atoms with Gasteiger partial charge in [-0.3, -0.25) is 0 Å². The number of hydrogen-bond acceptors (Lipinski definition) is 1. The van der Waals surface area contributed by atoms with Crippen molar-refractivity contribution < 1.29 is 26.3 Å². The molecule has 0 saturated heterocycles. The van der Waals surface area contributed by atoms with Crippen LogP contribution in [0, 0.1) is 0 Å². The first-order valence-electron chi connectivity index (χ1n) is 9.79. The highest BCUT2D eigenvalue weighted by Gasteiger charge is 2.17. The van der Waals surface area contributed by atoms with Crippen LogP contribution in [-0.2, 0) is 0 Å². The predicted octanol–water partition coefficient (Wildman–Crippen LogP) is 1.39. The van der Waals surface area contributed by atoms with E-state index in [2.05, 4.69) is 21.0 Å². The largest absolute Gasteiger partial charge is 1.00 e. The molecular formula is C19H42BrN3O. The summed E-state index contributed by atoms with van der Waals surface area (Å²) in [5.41, 5.74) is 5.36. The number of amides is 2. The average molecular weight is 408 g/mol. The number of nitrogens with two attached hydrogens (primary N) is 1. The molecule has 0 radical (unpaired) electrons. The maximum Gasteiger partial charge on any atom is 0.314 e. The number of urea groups is 1. The van der Waals surface area contributed by atoms with Gasteiger partial charge in [-0.05, 0) is 19.8 Å². The maximum atomic E-state index is 11.2. The maximum absolute atomic E-state index is 11.2. The van der Waals surface area contributed by atoms with Gasteiger partial charge < -0.3 is 32.1 Å². The molecule has 5 heteroatoms. The van der Waals surface area contributed by atoms with Gasteiger partial charge in [0.1, 0.15) is 0 Å². The van der Waals surface area contributed by atoms with Crippen molar-refractivity contribution in [2.75, 3.05) is 40.3 Å². The number of unbranched alkanes of at least 4 members (excludes halogenated alkanes) is 9. The quantitative estimate of drug-likeness (QED) is 0.323. The normalized spacial score (nSPS) is 11.2. The van der Waals surface area contributed by atoms with Gasteiger partial charge in [0.05, 0.1) is 33.7 Å². The van der Waals surface area contributed by atoms with Crippen molar-refractivity contribution in [3.63, 3.8) is 0 Å². The van der Waals surface area contributed by atoms with E-state index in [1.165, 1.54) is 70.8 Å². The van der Waals surface area contributed by atoms with Crippen molar-refractivity contribution in [2.45, 2.75) is 78.1 Å². The molecule has 0 aromatic heterocycles. The Morgan fingerprint density at radius 3 is 1.71 bits per heavy atom. The van der Waals surface area contributed by atoms with Crippen molar-refractivity contribution in [3.8, 4) is 0 Å². The molecule has 0 aliphatic rings. The Morgan fingerprint density at radius 2 is 1.29 bits per heavy atom. The second-order valence-corrected chi connectivity index (χ2v) is 7.48. The van der Waals surface area contributed by atoms with Crippen LogP contribution in [0.3, 0.4) is 0 Å². The van der Waals surface area contributed by atoms with E-state index in [0.717, 1.165) is 17.6 Å². The van der Waals surface area contributed by atoms with E-state index in [0.29, 0.717) is 6.54 Å². The van der Waals surface area contributed by atoms with Gasteiger partial charge in [-0.2, -0.15) is 0 Å². The molecule has 0 atom stereocenters. The zero-order valence-corrected chi connectivity index (χ0v) is 18.2. The molecule has 0 aliphatic heterocycles. The van der Waals surface area contributed by atoms with Crippen LogP contribution < -0.4 is 22.7 Å². The Kier molecular flexibility index (Phi) is 17.5. The highest BCUT2D eigenvalue weighted by molar-refractivity contribution is 5.71. The lowest BCUT2D eigenvalue weighted by Crippen LogP contribution is -3.00. The standard InChI is InChI=1S/C19H41N3O.BrH/c1-5-7-8-9-10-11-12-13-14-15-17-22(3,4)18-16-21(6-2)19(20)23;/h5-18H2,1-4H3,(H-,20,23);1H. The monoisotopic (exact) mass is 407 g/mol. The number of halogens is 1. The first kappa shape index (κ1) is 25.9. The van der Waals surface area contributed by atoms with Crippen LogP contribution in [0.15, 0.2) is 0 Å². The molecule has 146 valence electrons. The van der Waals surface area contributed by atoms with E-state index < -0.39 is 0 Å². The van der Waals surface area contributed by atoms with Crippen LogP contribution in [0.2, 0.25) is 0 Å². The number of hydrogen-bond donors (Lipinski definition) is 1. The molecule has 24 heavy (non-hydrogen) atoms. The SMILES string of the molecule is CCCCCCCCCCCC[N+](C)(C)CCN(CC)C(N)=O.[Br-]. The van der Waals surface area contributed by atoms with E-state index in [1.54, 1.807) is 4.90 Å². The topological polar surface area (TPSA) is 46.3 Å². The van der Waals surface area contributed by atoms with Gasteiger partial charge in [0, 0.05) is 6.54 Å². The third kappa shape index (κ3) is 15.3. The Morgan fingerprint density at radius 1 is 0.833 bits per heavy atom. The highest BCUT2D eigenvalue weighted by atomic mass is 79.9. The summed E-state index contributed by atoms with van der Waals surface area (Å²) in [6.45, 7) is 7.88. The zero-order chi connectivity index (χ0) is 17.6. The number of carbonyl (C=O) groups excluding carboxylic acids is 1. The van der Waals surface area contributed by atoms with Crippen LogP contribution in [0.4, 0.5) is 4.79 Å². The number of quaternary nitrogens is 1. The smallest absolute Gasteiger partial charge is 0.314 e. The van der Waals surface area contributed by atoms with E-state index in [1.807, 2.05) is 6.92 Å². The van der Waals surface area contributed by atoms with Crippen LogP contribution in [-0.4, -0.2) is 55.7 Å². The third-order valence-corrected chi connectivity index (χ3v) is 4.79. The van der Waals surface area contributed by atoms with Crippen molar-refractivity contribution >= 4 is 6.03 Å². The van der Waals surface area contributed by atoms with Crippen molar-refractivity contribution in [1.29, 1.82) is 0 Å². The molecule has 2 N–H and O–H groups in total. The summed E-state index contributed by atoms with van der Waals surface area (Å²) in [5.74, 6) is 0. The predicted molar refractivity (Wildman–Crippen MR) is 101 cm³/mol. The van der Waals surface area contributed by atoms with E-state index in [9.17, 15) is 4.79 Å². The lowest BCUT2D eigenvalue weighted by Gasteiger charge is -2.32. The second kappa shape index (κ2) is 16.2. The summed E-state index contributed by atoms with van der Waals surface area (Å²) in [6.07, 6.45) is 13.8. The van der Waals surface area contributed by atoms with Crippen LogP contribution in [0.1, 0.15) is 78.1 Å².